The van der Waals surface area contributed by atoms with Gasteiger partial charge in [0.15, 0.2) is 0 Å². The molecule has 4 atom stereocenters. The molecule has 0 N–H and O–H groups in total. The number of rotatable bonds is 12. The van der Waals surface area contributed by atoms with Gasteiger partial charge in [0.25, 0.3) is 0 Å². The van der Waals surface area contributed by atoms with Crippen LogP contribution in [0, 0.1) is 23.2 Å². The van der Waals surface area contributed by atoms with E-state index in [2.05, 4.69) is 30.7 Å². The zero-order valence-electron chi connectivity index (χ0n) is 18.2. The Labute approximate surface area is 167 Å². The van der Waals surface area contributed by atoms with E-state index in [1.807, 2.05) is 7.11 Å². The molecular weight excluding hydrogens is 336 g/mol. The normalized spacial score (nSPS) is 28.2. The molecule has 0 aliphatic heterocycles. The number of allylic oxidation sites excluding steroid dienone is 2. The number of hydrogen-bond acceptors (Lipinski definition) is 3. The van der Waals surface area contributed by atoms with Crippen LogP contribution in [-0.2, 0) is 14.3 Å². The molecule has 2 rings (SSSR count). The second-order valence-corrected chi connectivity index (χ2v) is 9.32. The van der Waals surface area contributed by atoms with E-state index in [9.17, 15) is 4.79 Å². The molecule has 2 saturated carbocycles. The molecule has 0 aromatic carbocycles. The van der Waals surface area contributed by atoms with Crippen molar-refractivity contribution < 1.29 is 14.3 Å². The number of unbranched alkanes of at least 4 members (excludes halogenated alkanes) is 1. The van der Waals surface area contributed by atoms with Gasteiger partial charge in [-0.05, 0) is 68.1 Å². The van der Waals surface area contributed by atoms with Gasteiger partial charge in [-0.25, -0.2) is 0 Å². The van der Waals surface area contributed by atoms with Crippen molar-refractivity contribution in [3.63, 3.8) is 0 Å². The quantitative estimate of drug-likeness (QED) is 0.227. The minimum absolute atomic E-state index is 0.0991. The van der Waals surface area contributed by atoms with Crippen LogP contribution in [0.3, 0.4) is 0 Å². The monoisotopic (exact) mass is 378 g/mol. The lowest BCUT2D eigenvalue weighted by Crippen LogP contribution is -2.39. The maximum atomic E-state index is 11.1. The lowest BCUT2D eigenvalue weighted by atomic mass is 9.65. The van der Waals surface area contributed by atoms with Gasteiger partial charge in [0.1, 0.15) is 0 Å². The summed E-state index contributed by atoms with van der Waals surface area (Å²) in [6, 6.07) is 0. The highest BCUT2D eigenvalue weighted by molar-refractivity contribution is 5.69. The average molecular weight is 379 g/mol. The third-order valence-corrected chi connectivity index (χ3v) is 7.48. The molecule has 0 heterocycles. The van der Waals surface area contributed by atoms with Crippen LogP contribution >= 0.6 is 0 Å². The Morgan fingerprint density at radius 2 is 1.96 bits per heavy atom. The van der Waals surface area contributed by atoms with E-state index in [4.69, 9.17) is 4.74 Å². The van der Waals surface area contributed by atoms with E-state index in [0.29, 0.717) is 17.9 Å². The maximum absolute atomic E-state index is 11.1. The molecule has 2 aliphatic carbocycles. The Morgan fingerprint density at radius 3 is 2.59 bits per heavy atom. The van der Waals surface area contributed by atoms with Crippen molar-refractivity contribution >= 4 is 5.97 Å². The van der Waals surface area contributed by atoms with E-state index in [1.165, 1.54) is 64.9 Å². The average Bonchev–Trinajstić information content (AvgIpc) is 2.99. The summed E-state index contributed by atoms with van der Waals surface area (Å²) < 4.78 is 10.5. The van der Waals surface area contributed by atoms with Crippen LogP contribution in [0.25, 0.3) is 0 Å². The fraction of sp³-hybridized carbons (Fsp3) is 0.875. The minimum Gasteiger partial charge on any atom is -0.469 e. The fourth-order valence-corrected chi connectivity index (χ4v) is 5.36. The first-order valence-corrected chi connectivity index (χ1v) is 11.2. The van der Waals surface area contributed by atoms with Gasteiger partial charge in [-0.2, -0.15) is 0 Å². The lowest BCUT2D eigenvalue weighted by molar-refractivity contribution is -0.140. The SMILES string of the molecule is COC(=O)CCC/C=C\C[C@H]1C(C)CC[C@@H]1CCCC(OC)C1(C)CCC1. The van der Waals surface area contributed by atoms with Crippen molar-refractivity contribution in [2.45, 2.75) is 97.0 Å². The Morgan fingerprint density at radius 1 is 1.19 bits per heavy atom. The molecule has 0 spiro atoms. The van der Waals surface area contributed by atoms with Crippen LogP contribution < -0.4 is 0 Å². The summed E-state index contributed by atoms with van der Waals surface area (Å²) in [6.45, 7) is 4.85. The number of ether oxygens (including phenoxy) is 2. The summed E-state index contributed by atoms with van der Waals surface area (Å²) in [5.74, 6) is 2.46. The molecule has 2 aliphatic rings. The topological polar surface area (TPSA) is 35.5 Å². The Kier molecular flexibility index (Phi) is 9.35. The van der Waals surface area contributed by atoms with Crippen molar-refractivity contribution in [3.8, 4) is 0 Å². The summed E-state index contributed by atoms with van der Waals surface area (Å²) in [5, 5.41) is 0. The van der Waals surface area contributed by atoms with Gasteiger partial charge >= 0.3 is 5.97 Å². The summed E-state index contributed by atoms with van der Waals surface area (Å²) in [4.78, 5) is 11.1. The molecule has 0 radical (unpaired) electrons. The molecular formula is C24H42O3. The molecule has 0 aromatic rings. The van der Waals surface area contributed by atoms with Crippen molar-refractivity contribution in [1.82, 2.24) is 0 Å². The van der Waals surface area contributed by atoms with Crippen LogP contribution in [0.4, 0.5) is 0 Å². The van der Waals surface area contributed by atoms with Crippen molar-refractivity contribution in [2.75, 3.05) is 14.2 Å². The van der Waals surface area contributed by atoms with Gasteiger partial charge < -0.3 is 9.47 Å². The predicted molar refractivity (Wildman–Crippen MR) is 112 cm³/mol. The van der Waals surface area contributed by atoms with Gasteiger partial charge in [-0.1, -0.05) is 51.7 Å². The molecule has 0 bridgehead atoms. The molecule has 2 fully saturated rings. The molecule has 0 aromatic heterocycles. The number of esters is 1. The maximum Gasteiger partial charge on any atom is 0.305 e. The Balaban J connectivity index is 1.68. The first kappa shape index (κ1) is 22.5. The lowest BCUT2D eigenvalue weighted by Gasteiger charge is -2.44. The van der Waals surface area contributed by atoms with Crippen LogP contribution in [0.1, 0.15) is 90.9 Å². The van der Waals surface area contributed by atoms with Crippen LogP contribution in [0.15, 0.2) is 12.2 Å². The van der Waals surface area contributed by atoms with Crippen molar-refractivity contribution in [2.24, 2.45) is 23.2 Å². The van der Waals surface area contributed by atoms with E-state index in [0.717, 1.165) is 30.6 Å². The number of carbonyl (C=O) groups excluding carboxylic acids is 1. The number of hydrogen-bond donors (Lipinski definition) is 0. The first-order chi connectivity index (χ1) is 13.0. The van der Waals surface area contributed by atoms with Crippen LogP contribution in [0.5, 0.6) is 0 Å². The number of methoxy groups -OCH3 is 2. The molecule has 0 amide bonds. The molecule has 2 unspecified atom stereocenters. The van der Waals surface area contributed by atoms with E-state index in [-0.39, 0.29) is 5.97 Å². The Bertz CT molecular complexity index is 466. The predicted octanol–water partition coefficient (Wildman–Crippen LogP) is 6.31. The summed E-state index contributed by atoms with van der Waals surface area (Å²) in [6.07, 6.45) is 19.5. The zero-order chi connectivity index (χ0) is 19.7. The van der Waals surface area contributed by atoms with E-state index < -0.39 is 0 Å². The van der Waals surface area contributed by atoms with Gasteiger partial charge in [-0.15, -0.1) is 0 Å². The molecule has 27 heavy (non-hydrogen) atoms. The minimum atomic E-state index is -0.0991. The first-order valence-electron chi connectivity index (χ1n) is 11.2. The molecule has 3 nitrogen and oxygen atoms in total. The second-order valence-electron chi connectivity index (χ2n) is 9.32. The van der Waals surface area contributed by atoms with Gasteiger partial charge in [0, 0.05) is 13.5 Å². The van der Waals surface area contributed by atoms with Crippen molar-refractivity contribution in [3.05, 3.63) is 12.2 Å². The third-order valence-electron chi connectivity index (χ3n) is 7.48. The van der Waals surface area contributed by atoms with E-state index >= 15 is 0 Å². The zero-order valence-corrected chi connectivity index (χ0v) is 18.2. The fourth-order valence-electron chi connectivity index (χ4n) is 5.36. The van der Waals surface area contributed by atoms with Crippen molar-refractivity contribution in [1.29, 1.82) is 0 Å². The van der Waals surface area contributed by atoms with Crippen LogP contribution in [0.2, 0.25) is 0 Å². The molecule has 156 valence electrons. The third kappa shape index (κ3) is 6.62. The highest BCUT2D eigenvalue weighted by Gasteiger charge is 2.40. The summed E-state index contributed by atoms with van der Waals surface area (Å²) in [5.41, 5.74) is 0.448. The highest BCUT2D eigenvalue weighted by Crippen LogP contribution is 2.47. The Hall–Kier alpha value is -0.830. The van der Waals surface area contributed by atoms with Gasteiger partial charge in [0.05, 0.1) is 13.2 Å². The molecule has 0 saturated heterocycles. The van der Waals surface area contributed by atoms with E-state index in [1.54, 1.807) is 0 Å². The standard InChI is InChI=1S/C24H42O3/c1-19-15-16-20(11-9-13-22(26-3)24(2)17-10-18-24)21(19)12-7-5-6-8-14-23(25)27-4/h5,7,19-22H,6,8-18H2,1-4H3/b7-5-/t19?,20-,21-,22?/m0/s1. The van der Waals surface area contributed by atoms with Gasteiger partial charge in [0.2, 0.25) is 0 Å². The molecule has 3 heteroatoms. The number of carbonyl (C=O) groups is 1. The smallest absolute Gasteiger partial charge is 0.305 e. The largest absolute Gasteiger partial charge is 0.469 e. The second kappa shape index (κ2) is 11.2. The van der Waals surface area contributed by atoms with Gasteiger partial charge in [-0.3, -0.25) is 4.79 Å². The van der Waals surface area contributed by atoms with Crippen LogP contribution in [-0.4, -0.2) is 26.3 Å². The summed E-state index contributed by atoms with van der Waals surface area (Å²) >= 11 is 0. The highest BCUT2D eigenvalue weighted by atomic mass is 16.5. The summed E-state index contributed by atoms with van der Waals surface area (Å²) in [7, 11) is 3.36.